The standard InChI is InChI=1S/C19H21NO2/c1-14-16(9-5-11-18(14)21)17-10-6-12-19(22)20(17)13-15-7-3-2-4-8-15/h2-4,6-8,12,17H,5,9-11,13H2,1H3/t17-/m1/s1. The summed E-state index contributed by atoms with van der Waals surface area (Å²) in [6.07, 6.45) is 6.87. The predicted molar refractivity (Wildman–Crippen MR) is 86.1 cm³/mol. The molecule has 3 heteroatoms. The topological polar surface area (TPSA) is 37.4 Å². The Hall–Kier alpha value is -2.16. The fraction of sp³-hybridized carbons (Fsp3) is 0.368. The van der Waals surface area contributed by atoms with Gasteiger partial charge in [-0.2, -0.15) is 0 Å². The van der Waals surface area contributed by atoms with E-state index in [9.17, 15) is 9.59 Å². The molecule has 0 fully saturated rings. The molecule has 0 saturated carbocycles. The molecule has 0 aromatic heterocycles. The van der Waals surface area contributed by atoms with Crippen LogP contribution in [0.3, 0.4) is 0 Å². The number of ketones is 1. The monoisotopic (exact) mass is 295 g/mol. The van der Waals surface area contributed by atoms with Crippen LogP contribution in [0.4, 0.5) is 0 Å². The van der Waals surface area contributed by atoms with Gasteiger partial charge < -0.3 is 4.90 Å². The van der Waals surface area contributed by atoms with E-state index < -0.39 is 0 Å². The zero-order valence-corrected chi connectivity index (χ0v) is 12.9. The molecule has 22 heavy (non-hydrogen) atoms. The molecule has 114 valence electrons. The Bertz CT molecular complexity index is 643. The van der Waals surface area contributed by atoms with Gasteiger partial charge in [-0.3, -0.25) is 9.59 Å². The van der Waals surface area contributed by atoms with Crippen molar-refractivity contribution in [2.45, 2.75) is 45.2 Å². The van der Waals surface area contributed by atoms with Gasteiger partial charge in [0.05, 0.1) is 6.04 Å². The first-order valence-corrected chi connectivity index (χ1v) is 7.90. The van der Waals surface area contributed by atoms with Crippen molar-refractivity contribution >= 4 is 11.7 Å². The molecule has 0 unspecified atom stereocenters. The zero-order valence-electron chi connectivity index (χ0n) is 12.9. The summed E-state index contributed by atoms with van der Waals surface area (Å²) in [7, 11) is 0. The fourth-order valence-electron chi connectivity index (χ4n) is 3.38. The van der Waals surface area contributed by atoms with Crippen LogP contribution in [-0.2, 0) is 16.1 Å². The van der Waals surface area contributed by atoms with Crippen LogP contribution in [0.25, 0.3) is 0 Å². The van der Waals surface area contributed by atoms with Crippen LogP contribution in [0, 0.1) is 0 Å². The van der Waals surface area contributed by atoms with Crippen molar-refractivity contribution in [1.29, 1.82) is 0 Å². The number of rotatable bonds is 3. The number of carbonyl (C=O) groups excluding carboxylic acids is 2. The van der Waals surface area contributed by atoms with Gasteiger partial charge in [-0.05, 0) is 49.0 Å². The fourth-order valence-corrected chi connectivity index (χ4v) is 3.38. The van der Waals surface area contributed by atoms with E-state index >= 15 is 0 Å². The molecule has 1 aliphatic carbocycles. The zero-order chi connectivity index (χ0) is 15.5. The third kappa shape index (κ3) is 2.89. The summed E-state index contributed by atoms with van der Waals surface area (Å²) in [5.74, 6) is 0.279. The van der Waals surface area contributed by atoms with Crippen molar-refractivity contribution in [2.24, 2.45) is 0 Å². The van der Waals surface area contributed by atoms with E-state index in [1.807, 2.05) is 48.2 Å². The second-order valence-electron chi connectivity index (χ2n) is 6.03. The lowest BCUT2D eigenvalue weighted by atomic mass is 9.84. The lowest BCUT2D eigenvalue weighted by Gasteiger charge is -2.37. The smallest absolute Gasteiger partial charge is 0.247 e. The summed E-state index contributed by atoms with van der Waals surface area (Å²) >= 11 is 0. The maximum absolute atomic E-state index is 12.4. The van der Waals surface area contributed by atoms with Crippen LogP contribution in [-0.4, -0.2) is 22.6 Å². The van der Waals surface area contributed by atoms with Crippen LogP contribution < -0.4 is 0 Å². The number of amides is 1. The average Bonchev–Trinajstić information content (AvgIpc) is 2.53. The summed E-state index contributed by atoms with van der Waals surface area (Å²) in [6.45, 7) is 2.51. The number of Topliss-reactive ketones (excluding diaryl/α,β-unsaturated/α-hetero) is 1. The van der Waals surface area contributed by atoms with E-state index in [0.29, 0.717) is 13.0 Å². The van der Waals surface area contributed by atoms with Gasteiger partial charge in [-0.1, -0.05) is 36.4 Å². The summed E-state index contributed by atoms with van der Waals surface area (Å²) in [5.41, 5.74) is 3.15. The SMILES string of the molecule is CC1=C([C@H]2CC=CC(=O)N2Cc2ccccc2)CCCC1=O. The molecule has 0 radical (unpaired) electrons. The van der Waals surface area contributed by atoms with Crippen LogP contribution in [0.1, 0.15) is 38.2 Å². The van der Waals surface area contributed by atoms with Gasteiger partial charge in [0.15, 0.2) is 5.78 Å². The van der Waals surface area contributed by atoms with E-state index in [4.69, 9.17) is 0 Å². The van der Waals surface area contributed by atoms with E-state index in [1.54, 1.807) is 6.08 Å². The molecule has 1 aromatic carbocycles. The average molecular weight is 295 g/mol. The van der Waals surface area contributed by atoms with Gasteiger partial charge >= 0.3 is 0 Å². The Morgan fingerprint density at radius 1 is 1.14 bits per heavy atom. The summed E-state index contributed by atoms with van der Waals surface area (Å²) in [5, 5.41) is 0. The van der Waals surface area contributed by atoms with Crippen LogP contribution in [0.15, 0.2) is 53.6 Å². The van der Waals surface area contributed by atoms with E-state index in [1.165, 1.54) is 0 Å². The Morgan fingerprint density at radius 3 is 2.68 bits per heavy atom. The maximum atomic E-state index is 12.4. The maximum Gasteiger partial charge on any atom is 0.247 e. The largest absolute Gasteiger partial charge is 0.328 e. The first kappa shape index (κ1) is 14.8. The quantitative estimate of drug-likeness (QED) is 0.857. The number of benzene rings is 1. The predicted octanol–water partition coefficient (Wildman–Crippen LogP) is 3.41. The molecule has 0 saturated heterocycles. The molecular weight excluding hydrogens is 274 g/mol. The van der Waals surface area contributed by atoms with E-state index in [2.05, 4.69) is 0 Å². The number of hydrogen-bond donors (Lipinski definition) is 0. The second kappa shape index (κ2) is 6.30. The van der Waals surface area contributed by atoms with Gasteiger partial charge in [-0.15, -0.1) is 0 Å². The van der Waals surface area contributed by atoms with Crippen LogP contribution >= 0.6 is 0 Å². The number of nitrogens with zero attached hydrogens (tertiary/aromatic N) is 1. The molecule has 1 amide bonds. The minimum atomic E-state index is 0.0296. The highest BCUT2D eigenvalue weighted by Crippen LogP contribution is 2.31. The summed E-state index contributed by atoms with van der Waals surface area (Å²) in [4.78, 5) is 26.3. The van der Waals surface area contributed by atoms with Gasteiger partial charge in [0.1, 0.15) is 0 Å². The molecule has 1 heterocycles. The van der Waals surface area contributed by atoms with Gasteiger partial charge in [0.2, 0.25) is 5.91 Å². The molecule has 0 spiro atoms. The third-order valence-electron chi connectivity index (χ3n) is 4.63. The molecule has 2 aliphatic rings. The lowest BCUT2D eigenvalue weighted by molar-refractivity contribution is -0.129. The van der Waals surface area contributed by atoms with Gasteiger partial charge in [0, 0.05) is 13.0 Å². The Kier molecular flexibility index (Phi) is 4.23. The first-order chi connectivity index (χ1) is 10.7. The Morgan fingerprint density at radius 2 is 1.91 bits per heavy atom. The molecule has 1 atom stereocenters. The minimum absolute atomic E-state index is 0.0296. The summed E-state index contributed by atoms with van der Waals surface area (Å²) in [6, 6.07) is 10.1. The minimum Gasteiger partial charge on any atom is -0.328 e. The van der Waals surface area contributed by atoms with E-state index in [0.717, 1.165) is 36.0 Å². The highest BCUT2D eigenvalue weighted by atomic mass is 16.2. The van der Waals surface area contributed by atoms with Gasteiger partial charge in [-0.25, -0.2) is 0 Å². The number of carbonyl (C=O) groups is 2. The highest BCUT2D eigenvalue weighted by Gasteiger charge is 2.31. The molecular formula is C19H21NO2. The third-order valence-corrected chi connectivity index (χ3v) is 4.63. The van der Waals surface area contributed by atoms with Crippen molar-refractivity contribution < 1.29 is 9.59 Å². The van der Waals surface area contributed by atoms with Crippen molar-refractivity contribution in [1.82, 2.24) is 4.90 Å². The Labute approximate surface area is 131 Å². The van der Waals surface area contributed by atoms with E-state index in [-0.39, 0.29) is 17.7 Å². The lowest BCUT2D eigenvalue weighted by Crippen LogP contribution is -2.43. The normalized spacial score (nSPS) is 22.4. The van der Waals surface area contributed by atoms with Gasteiger partial charge in [0.25, 0.3) is 0 Å². The van der Waals surface area contributed by atoms with Crippen molar-refractivity contribution in [3.05, 3.63) is 59.2 Å². The molecule has 0 bridgehead atoms. The molecule has 3 nitrogen and oxygen atoms in total. The number of hydrogen-bond acceptors (Lipinski definition) is 2. The Balaban J connectivity index is 1.91. The molecule has 1 aromatic rings. The first-order valence-electron chi connectivity index (χ1n) is 7.90. The van der Waals surface area contributed by atoms with Crippen molar-refractivity contribution in [2.75, 3.05) is 0 Å². The van der Waals surface area contributed by atoms with Crippen molar-refractivity contribution in [3.63, 3.8) is 0 Å². The molecule has 0 N–H and O–H groups in total. The summed E-state index contributed by atoms with van der Waals surface area (Å²) < 4.78 is 0. The van der Waals surface area contributed by atoms with Crippen LogP contribution in [0.5, 0.6) is 0 Å². The highest BCUT2D eigenvalue weighted by molar-refractivity contribution is 5.97. The van der Waals surface area contributed by atoms with Crippen LogP contribution in [0.2, 0.25) is 0 Å². The number of allylic oxidation sites excluding steroid dienone is 1. The van der Waals surface area contributed by atoms with Crippen molar-refractivity contribution in [3.8, 4) is 0 Å². The molecule has 1 aliphatic heterocycles. The molecule has 3 rings (SSSR count). The second-order valence-corrected chi connectivity index (χ2v) is 6.03.